The molecule has 3 heterocycles. The van der Waals surface area contributed by atoms with Gasteiger partial charge in [-0.3, -0.25) is 9.59 Å². The van der Waals surface area contributed by atoms with Crippen molar-refractivity contribution in [2.24, 2.45) is 0 Å². The first-order valence-electron chi connectivity index (χ1n) is 10.6. The Morgan fingerprint density at radius 2 is 1.90 bits per heavy atom. The van der Waals surface area contributed by atoms with Gasteiger partial charge in [0, 0.05) is 31.0 Å². The number of amides is 2. The molecule has 0 saturated carbocycles. The molecule has 0 bridgehead atoms. The van der Waals surface area contributed by atoms with E-state index in [0.29, 0.717) is 13.1 Å². The Balaban J connectivity index is 1.68. The van der Waals surface area contributed by atoms with Gasteiger partial charge in [0.2, 0.25) is 5.91 Å². The zero-order chi connectivity index (χ0) is 20.8. The average molecular weight is 402 g/mol. The van der Waals surface area contributed by atoms with Gasteiger partial charge in [0.15, 0.2) is 0 Å². The molecule has 6 nitrogen and oxygen atoms in total. The Bertz CT molecular complexity index is 1150. The van der Waals surface area contributed by atoms with Gasteiger partial charge in [-0.15, -0.1) is 0 Å². The molecule has 2 aromatic carbocycles. The quantitative estimate of drug-likeness (QED) is 0.728. The lowest BCUT2D eigenvalue weighted by molar-refractivity contribution is -0.121. The maximum absolute atomic E-state index is 13.3. The van der Waals surface area contributed by atoms with E-state index in [1.807, 2.05) is 55.3 Å². The lowest BCUT2D eigenvalue weighted by atomic mass is 9.96. The highest BCUT2D eigenvalue weighted by atomic mass is 16.2. The zero-order valence-electron chi connectivity index (χ0n) is 17.4. The molecule has 3 aromatic rings. The van der Waals surface area contributed by atoms with Crippen LogP contribution in [0.1, 0.15) is 41.1 Å². The van der Waals surface area contributed by atoms with Crippen LogP contribution in [0, 0.1) is 0 Å². The van der Waals surface area contributed by atoms with Gasteiger partial charge in [0.05, 0.1) is 16.9 Å². The number of carbonyl (C=O) groups excluding carboxylic acids is 2. The van der Waals surface area contributed by atoms with Crippen LogP contribution in [0.2, 0.25) is 0 Å². The molecule has 2 aliphatic heterocycles. The number of rotatable bonds is 4. The highest BCUT2D eigenvalue weighted by Gasteiger charge is 2.42. The average Bonchev–Trinajstić information content (AvgIpc) is 3.09. The lowest BCUT2D eigenvalue weighted by Gasteiger charge is -2.46. The fourth-order valence-electron chi connectivity index (χ4n) is 4.94. The van der Waals surface area contributed by atoms with Gasteiger partial charge in [0.1, 0.15) is 12.7 Å². The van der Waals surface area contributed by atoms with E-state index in [9.17, 15) is 9.59 Å². The summed E-state index contributed by atoms with van der Waals surface area (Å²) in [7, 11) is 2.04. The topological polar surface area (TPSA) is 57.6 Å². The van der Waals surface area contributed by atoms with Crippen LogP contribution in [0.25, 0.3) is 10.9 Å². The number of nitrogens with one attached hydrogen (secondary N) is 1. The zero-order valence-corrected chi connectivity index (χ0v) is 17.4. The SMILES string of the molecule is CCCNC(=O)Cn1c2c(c3ccccc31)CCN1C(=O)c3ccccc3N(C)C21. The molecule has 0 aliphatic carbocycles. The van der Waals surface area contributed by atoms with E-state index < -0.39 is 0 Å². The number of aromatic nitrogens is 1. The van der Waals surface area contributed by atoms with Gasteiger partial charge >= 0.3 is 0 Å². The van der Waals surface area contributed by atoms with Crippen molar-refractivity contribution in [3.8, 4) is 0 Å². The summed E-state index contributed by atoms with van der Waals surface area (Å²) in [5.41, 5.74) is 5.02. The van der Waals surface area contributed by atoms with Crippen molar-refractivity contribution in [1.29, 1.82) is 0 Å². The summed E-state index contributed by atoms with van der Waals surface area (Å²) in [4.78, 5) is 30.1. The van der Waals surface area contributed by atoms with Gasteiger partial charge < -0.3 is 19.7 Å². The molecule has 1 aromatic heterocycles. The van der Waals surface area contributed by atoms with Crippen molar-refractivity contribution >= 4 is 28.4 Å². The van der Waals surface area contributed by atoms with Crippen molar-refractivity contribution in [3.63, 3.8) is 0 Å². The molecular formula is C24H26N4O2. The molecule has 0 radical (unpaired) electrons. The minimum Gasteiger partial charge on any atom is -0.355 e. The van der Waals surface area contributed by atoms with Crippen molar-refractivity contribution in [2.75, 3.05) is 25.0 Å². The van der Waals surface area contributed by atoms with E-state index in [1.165, 1.54) is 10.9 Å². The maximum Gasteiger partial charge on any atom is 0.257 e. The van der Waals surface area contributed by atoms with Crippen LogP contribution in [0.5, 0.6) is 0 Å². The predicted octanol–water partition coefficient (Wildman–Crippen LogP) is 3.31. The molecule has 154 valence electrons. The Labute approximate surface area is 176 Å². The van der Waals surface area contributed by atoms with Crippen LogP contribution >= 0.6 is 0 Å². The van der Waals surface area contributed by atoms with Crippen molar-refractivity contribution in [2.45, 2.75) is 32.5 Å². The highest BCUT2D eigenvalue weighted by Crippen LogP contribution is 2.44. The molecule has 2 amide bonds. The first-order chi connectivity index (χ1) is 14.6. The summed E-state index contributed by atoms with van der Waals surface area (Å²) < 4.78 is 2.12. The second-order valence-electron chi connectivity index (χ2n) is 8.07. The number of hydrogen-bond acceptors (Lipinski definition) is 3. The van der Waals surface area contributed by atoms with Crippen LogP contribution in [0.15, 0.2) is 48.5 Å². The standard InChI is InChI=1S/C24H26N4O2/c1-3-13-25-21(29)15-28-20-11-7-4-8-16(20)17-12-14-27-23(22(17)28)26(2)19-10-6-5-9-18(19)24(27)30/h4-11,23H,3,12-15H2,1-2H3,(H,25,29). The van der Waals surface area contributed by atoms with Crippen molar-refractivity contribution < 1.29 is 9.59 Å². The minimum absolute atomic E-state index is 0.00251. The van der Waals surface area contributed by atoms with Crippen LogP contribution in [0.4, 0.5) is 5.69 Å². The molecule has 0 fully saturated rings. The Morgan fingerprint density at radius 3 is 2.73 bits per heavy atom. The van der Waals surface area contributed by atoms with E-state index in [4.69, 9.17) is 0 Å². The molecule has 1 unspecified atom stereocenters. The monoisotopic (exact) mass is 402 g/mol. The largest absolute Gasteiger partial charge is 0.355 e. The fourth-order valence-corrected chi connectivity index (χ4v) is 4.94. The summed E-state index contributed by atoms with van der Waals surface area (Å²) in [6, 6.07) is 16.0. The second kappa shape index (κ2) is 7.20. The highest BCUT2D eigenvalue weighted by molar-refractivity contribution is 6.02. The van der Waals surface area contributed by atoms with E-state index >= 15 is 0 Å². The van der Waals surface area contributed by atoms with E-state index in [1.54, 1.807) is 0 Å². The maximum atomic E-state index is 13.3. The molecule has 6 heteroatoms. The van der Waals surface area contributed by atoms with Crippen LogP contribution in [-0.2, 0) is 17.8 Å². The van der Waals surface area contributed by atoms with E-state index in [2.05, 4.69) is 26.9 Å². The smallest absolute Gasteiger partial charge is 0.257 e. The van der Waals surface area contributed by atoms with E-state index in [0.717, 1.165) is 35.3 Å². The first-order valence-corrected chi connectivity index (χ1v) is 10.6. The summed E-state index contributed by atoms with van der Waals surface area (Å²) in [5, 5.41) is 4.17. The molecule has 1 N–H and O–H groups in total. The molecule has 5 rings (SSSR count). The Kier molecular flexibility index (Phi) is 4.50. The summed E-state index contributed by atoms with van der Waals surface area (Å²) >= 11 is 0. The van der Waals surface area contributed by atoms with Gasteiger partial charge in [-0.25, -0.2) is 0 Å². The molecule has 2 aliphatic rings. The number of fused-ring (bicyclic) bond motifs is 6. The summed E-state index contributed by atoms with van der Waals surface area (Å²) in [5.74, 6) is 0.0642. The van der Waals surface area contributed by atoms with Crippen molar-refractivity contribution in [3.05, 3.63) is 65.4 Å². The van der Waals surface area contributed by atoms with Crippen LogP contribution in [-0.4, -0.2) is 41.4 Å². The minimum atomic E-state index is -0.220. The molecule has 30 heavy (non-hydrogen) atoms. The number of para-hydroxylation sites is 2. The number of hydrogen-bond donors (Lipinski definition) is 1. The van der Waals surface area contributed by atoms with Crippen molar-refractivity contribution in [1.82, 2.24) is 14.8 Å². The third-order valence-corrected chi connectivity index (χ3v) is 6.28. The summed E-state index contributed by atoms with van der Waals surface area (Å²) in [6.07, 6.45) is 1.47. The molecule has 0 saturated heterocycles. The third-order valence-electron chi connectivity index (χ3n) is 6.28. The number of carbonyl (C=O) groups is 2. The van der Waals surface area contributed by atoms with Gasteiger partial charge in [-0.05, 0) is 36.6 Å². The lowest BCUT2D eigenvalue weighted by Crippen LogP contribution is -2.51. The molecule has 1 atom stereocenters. The van der Waals surface area contributed by atoms with E-state index in [-0.39, 0.29) is 24.5 Å². The van der Waals surface area contributed by atoms with Crippen LogP contribution < -0.4 is 10.2 Å². The third kappa shape index (κ3) is 2.70. The Morgan fingerprint density at radius 1 is 1.13 bits per heavy atom. The first kappa shape index (κ1) is 18.7. The van der Waals surface area contributed by atoms with Gasteiger partial charge in [0.25, 0.3) is 5.91 Å². The predicted molar refractivity (Wildman–Crippen MR) is 118 cm³/mol. The second-order valence-corrected chi connectivity index (χ2v) is 8.07. The van der Waals surface area contributed by atoms with Crippen LogP contribution in [0.3, 0.4) is 0 Å². The number of anilines is 1. The Hall–Kier alpha value is -3.28. The summed E-state index contributed by atoms with van der Waals surface area (Å²) in [6.45, 7) is 3.64. The van der Waals surface area contributed by atoms with Gasteiger partial charge in [-0.1, -0.05) is 37.3 Å². The molecular weight excluding hydrogens is 376 g/mol. The normalized spacial score (nSPS) is 17.5. The van der Waals surface area contributed by atoms with Gasteiger partial charge in [-0.2, -0.15) is 0 Å². The number of nitrogens with zero attached hydrogens (tertiary/aromatic N) is 3. The number of benzene rings is 2. The molecule has 0 spiro atoms. The fraction of sp³-hybridized carbons (Fsp3) is 0.333.